The minimum Gasteiger partial charge on any atom is -0.468 e. The van der Waals surface area contributed by atoms with Crippen molar-refractivity contribution in [1.82, 2.24) is 14.7 Å². The lowest BCUT2D eigenvalue weighted by molar-refractivity contribution is -0.141. The van der Waals surface area contributed by atoms with Crippen LogP contribution < -0.4 is 0 Å². The molecule has 1 amide bonds. The first kappa shape index (κ1) is 16.7. The van der Waals surface area contributed by atoms with Crippen LogP contribution in [0, 0.1) is 5.82 Å². The molecule has 0 saturated heterocycles. The standard InChI is InChI=1S/C16H18FN3O3/c1-11(2)19(10-15(21)23-3)16(22)14-8-9-20(18-14)13-6-4-12(17)5-7-13/h4-9,11H,10H2,1-3H3. The summed E-state index contributed by atoms with van der Waals surface area (Å²) >= 11 is 0. The Balaban J connectivity index is 2.22. The molecule has 1 aromatic carbocycles. The van der Waals surface area contributed by atoms with Gasteiger partial charge in [0, 0.05) is 12.2 Å². The van der Waals surface area contributed by atoms with Gasteiger partial charge in [0.1, 0.15) is 12.4 Å². The van der Waals surface area contributed by atoms with Crippen LogP contribution in [-0.2, 0) is 9.53 Å². The van der Waals surface area contributed by atoms with E-state index >= 15 is 0 Å². The highest BCUT2D eigenvalue weighted by Gasteiger charge is 2.23. The summed E-state index contributed by atoms with van der Waals surface area (Å²) in [5, 5.41) is 4.20. The molecule has 7 heteroatoms. The number of ether oxygens (including phenoxy) is 1. The number of rotatable bonds is 5. The zero-order chi connectivity index (χ0) is 17.0. The summed E-state index contributed by atoms with van der Waals surface area (Å²) in [5.74, 6) is -1.21. The van der Waals surface area contributed by atoms with E-state index in [9.17, 15) is 14.0 Å². The summed E-state index contributed by atoms with van der Waals surface area (Å²) in [7, 11) is 1.27. The first-order chi connectivity index (χ1) is 10.9. The van der Waals surface area contributed by atoms with E-state index in [2.05, 4.69) is 9.84 Å². The van der Waals surface area contributed by atoms with Crippen molar-refractivity contribution in [3.05, 3.63) is 48.0 Å². The molecule has 1 heterocycles. The fraction of sp³-hybridized carbons (Fsp3) is 0.312. The van der Waals surface area contributed by atoms with Gasteiger partial charge < -0.3 is 9.64 Å². The Labute approximate surface area is 133 Å². The molecule has 0 bridgehead atoms. The number of benzene rings is 1. The van der Waals surface area contributed by atoms with Crippen molar-refractivity contribution in [3.63, 3.8) is 0 Å². The van der Waals surface area contributed by atoms with Crippen molar-refractivity contribution in [2.24, 2.45) is 0 Å². The molecule has 0 spiro atoms. The summed E-state index contributed by atoms with van der Waals surface area (Å²) in [5.41, 5.74) is 0.835. The molecule has 0 aliphatic rings. The molecule has 0 unspecified atom stereocenters. The van der Waals surface area contributed by atoms with E-state index in [0.29, 0.717) is 5.69 Å². The van der Waals surface area contributed by atoms with Gasteiger partial charge in [-0.3, -0.25) is 9.59 Å². The molecular weight excluding hydrogens is 301 g/mol. The highest BCUT2D eigenvalue weighted by molar-refractivity contribution is 5.94. The Morgan fingerprint density at radius 3 is 2.48 bits per heavy atom. The van der Waals surface area contributed by atoms with Gasteiger partial charge in [-0.25, -0.2) is 9.07 Å². The van der Waals surface area contributed by atoms with Crippen LogP contribution in [-0.4, -0.2) is 46.3 Å². The third kappa shape index (κ3) is 3.94. The number of carbonyl (C=O) groups excluding carboxylic acids is 2. The normalized spacial score (nSPS) is 10.7. The smallest absolute Gasteiger partial charge is 0.325 e. The van der Waals surface area contributed by atoms with Crippen LogP contribution >= 0.6 is 0 Å². The number of amides is 1. The molecule has 0 aliphatic heterocycles. The molecule has 23 heavy (non-hydrogen) atoms. The molecule has 0 saturated carbocycles. The van der Waals surface area contributed by atoms with Crippen molar-refractivity contribution < 1.29 is 18.7 Å². The Morgan fingerprint density at radius 2 is 1.91 bits per heavy atom. The van der Waals surface area contributed by atoms with Crippen molar-refractivity contribution in [3.8, 4) is 5.69 Å². The highest BCUT2D eigenvalue weighted by Crippen LogP contribution is 2.11. The number of esters is 1. The van der Waals surface area contributed by atoms with Crippen molar-refractivity contribution in [2.75, 3.05) is 13.7 Å². The second kappa shape index (κ2) is 7.04. The lowest BCUT2D eigenvalue weighted by Gasteiger charge is -2.24. The summed E-state index contributed by atoms with van der Waals surface area (Å²) in [6.45, 7) is 3.46. The third-order valence-corrected chi connectivity index (χ3v) is 3.31. The molecule has 6 nitrogen and oxygen atoms in total. The molecule has 0 radical (unpaired) electrons. The van der Waals surface area contributed by atoms with Gasteiger partial charge in [-0.15, -0.1) is 0 Å². The predicted molar refractivity (Wildman–Crippen MR) is 81.7 cm³/mol. The number of halogens is 1. The van der Waals surface area contributed by atoms with Crippen molar-refractivity contribution in [2.45, 2.75) is 19.9 Å². The van der Waals surface area contributed by atoms with Crippen LogP contribution in [0.3, 0.4) is 0 Å². The molecular formula is C16H18FN3O3. The molecule has 0 aliphatic carbocycles. The number of methoxy groups -OCH3 is 1. The molecule has 2 rings (SSSR count). The number of hydrogen-bond acceptors (Lipinski definition) is 4. The minimum atomic E-state index is -0.495. The van der Waals surface area contributed by atoms with Gasteiger partial charge in [-0.1, -0.05) is 0 Å². The third-order valence-electron chi connectivity index (χ3n) is 3.31. The Kier molecular flexibility index (Phi) is 5.10. The first-order valence-electron chi connectivity index (χ1n) is 7.11. The quantitative estimate of drug-likeness (QED) is 0.791. The van der Waals surface area contributed by atoms with Gasteiger partial charge in [0.2, 0.25) is 0 Å². The van der Waals surface area contributed by atoms with Gasteiger partial charge in [-0.05, 0) is 44.2 Å². The Hall–Kier alpha value is -2.70. The fourth-order valence-electron chi connectivity index (χ4n) is 2.02. The largest absolute Gasteiger partial charge is 0.468 e. The van der Waals surface area contributed by atoms with E-state index in [1.807, 2.05) is 0 Å². The van der Waals surface area contributed by atoms with Crippen molar-refractivity contribution >= 4 is 11.9 Å². The number of hydrogen-bond donors (Lipinski definition) is 0. The summed E-state index contributed by atoms with van der Waals surface area (Å²) in [6.07, 6.45) is 1.61. The lowest BCUT2D eigenvalue weighted by atomic mass is 10.2. The second-order valence-corrected chi connectivity index (χ2v) is 5.22. The van der Waals surface area contributed by atoms with E-state index in [-0.39, 0.29) is 30.0 Å². The van der Waals surface area contributed by atoms with Crippen LogP contribution in [0.1, 0.15) is 24.3 Å². The lowest BCUT2D eigenvalue weighted by Crippen LogP contribution is -2.41. The Bertz CT molecular complexity index is 695. The molecule has 2 aromatic rings. The highest BCUT2D eigenvalue weighted by atomic mass is 19.1. The predicted octanol–water partition coefficient (Wildman–Crippen LogP) is 2.04. The van der Waals surface area contributed by atoms with Gasteiger partial charge in [0.05, 0.1) is 12.8 Å². The number of aromatic nitrogens is 2. The zero-order valence-electron chi connectivity index (χ0n) is 13.2. The average Bonchev–Trinajstić information content (AvgIpc) is 3.02. The van der Waals surface area contributed by atoms with Gasteiger partial charge in [0.25, 0.3) is 5.91 Å². The monoisotopic (exact) mass is 319 g/mol. The van der Waals surface area contributed by atoms with Gasteiger partial charge >= 0.3 is 5.97 Å². The Morgan fingerprint density at radius 1 is 1.26 bits per heavy atom. The fourth-order valence-corrected chi connectivity index (χ4v) is 2.02. The minimum absolute atomic E-state index is 0.142. The summed E-state index contributed by atoms with van der Waals surface area (Å²) in [4.78, 5) is 25.3. The maximum absolute atomic E-state index is 13.0. The van der Waals surface area contributed by atoms with Crippen LogP contribution in [0.2, 0.25) is 0 Å². The topological polar surface area (TPSA) is 64.4 Å². The molecule has 0 fully saturated rings. The van der Waals surface area contributed by atoms with E-state index in [1.54, 1.807) is 38.2 Å². The number of nitrogens with zero attached hydrogens (tertiary/aromatic N) is 3. The average molecular weight is 319 g/mol. The molecule has 122 valence electrons. The van der Waals surface area contributed by atoms with Crippen LogP contribution in [0.25, 0.3) is 5.69 Å². The summed E-state index contributed by atoms with van der Waals surface area (Å²) in [6, 6.07) is 7.12. The molecule has 0 N–H and O–H groups in total. The van der Waals surface area contributed by atoms with Gasteiger partial charge in [-0.2, -0.15) is 5.10 Å². The zero-order valence-corrected chi connectivity index (χ0v) is 13.2. The van der Waals surface area contributed by atoms with Crippen LogP contribution in [0.4, 0.5) is 4.39 Å². The van der Waals surface area contributed by atoms with E-state index in [1.165, 1.54) is 28.8 Å². The van der Waals surface area contributed by atoms with Crippen LogP contribution in [0.5, 0.6) is 0 Å². The maximum Gasteiger partial charge on any atom is 0.325 e. The summed E-state index contributed by atoms with van der Waals surface area (Å²) < 4.78 is 19.0. The first-order valence-corrected chi connectivity index (χ1v) is 7.11. The van der Waals surface area contributed by atoms with E-state index in [0.717, 1.165) is 0 Å². The van der Waals surface area contributed by atoms with E-state index < -0.39 is 5.97 Å². The number of carbonyl (C=O) groups is 2. The molecule has 1 aromatic heterocycles. The SMILES string of the molecule is COC(=O)CN(C(=O)c1ccn(-c2ccc(F)cc2)n1)C(C)C. The van der Waals surface area contributed by atoms with Crippen molar-refractivity contribution in [1.29, 1.82) is 0 Å². The molecule has 0 atom stereocenters. The second-order valence-electron chi connectivity index (χ2n) is 5.22. The maximum atomic E-state index is 13.0. The van der Waals surface area contributed by atoms with Crippen LogP contribution in [0.15, 0.2) is 36.5 Å². The van der Waals surface area contributed by atoms with E-state index in [4.69, 9.17) is 0 Å². The van der Waals surface area contributed by atoms with Gasteiger partial charge in [0.15, 0.2) is 5.69 Å².